The van der Waals surface area contributed by atoms with Crippen molar-refractivity contribution in [3.05, 3.63) is 90.5 Å². The van der Waals surface area contributed by atoms with Gasteiger partial charge in [-0.3, -0.25) is 0 Å². The van der Waals surface area contributed by atoms with Crippen molar-refractivity contribution >= 4 is 4.04 Å². The fourth-order valence-electron chi connectivity index (χ4n) is 2.10. The predicted octanol–water partition coefficient (Wildman–Crippen LogP) is 3.71. The first-order valence-electron chi connectivity index (χ1n) is 7.32. The van der Waals surface area contributed by atoms with Gasteiger partial charge in [-0.25, -0.2) is 0 Å². The molecule has 1 nitrogen and oxygen atoms in total. The Morgan fingerprint density at radius 3 is 1.55 bits per heavy atom. The third-order valence-corrected chi connectivity index (χ3v) is 3.98. The van der Waals surface area contributed by atoms with E-state index in [-0.39, 0.29) is 0 Å². The van der Waals surface area contributed by atoms with Gasteiger partial charge in [0.1, 0.15) is 0 Å². The Morgan fingerprint density at radius 2 is 1.09 bits per heavy atom. The molecule has 0 heterocycles. The number of hydrogen-bond donors (Lipinski definition) is 1. The summed E-state index contributed by atoms with van der Waals surface area (Å²) in [5.41, 5.74) is 9.26. The molecule has 115 valence electrons. The van der Waals surface area contributed by atoms with Gasteiger partial charge >= 0.3 is 71.8 Å². The fourth-order valence-corrected chi connectivity index (χ4v) is 2.57. The van der Waals surface area contributed by atoms with Gasteiger partial charge in [0.15, 0.2) is 0 Å². The van der Waals surface area contributed by atoms with E-state index in [9.17, 15) is 0 Å². The molecule has 0 amide bonds. The molecule has 0 fully saturated rings. The van der Waals surface area contributed by atoms with Crippen molar-refractivity contribution in [3.8, 4) is 11.1 Å². The molecular formula is C20H20NPd. The van der Waals surface area contributed by atoms with E-state index < -0.39 is 0 Å². The molecule has 0 aromatic heterocycles. The number of rotatable bonds is 3. The van der Waals surface area contributed by atoms with E-state index in [1.54, 1.807) is 0 Å². The summed E-state index contributed by atoms with van der Waals surface area (Å²) in [6.07, 6.45) is 0.955. The van der Waals surface area contributed by atoms with Crippen LogP contribution in [0.4, 0.5) is 0 Å². The summed E-state index contributed by atoms with van der Waals surface area (Å²) in [5.74, 6) is 0. The van der Waals surface area contributed by atoms with Crippen LogP contribution in [0.5, 0.6) is 0 Å². The average Bonchev–Trinajstić information content (AvgIpc) is 2.59. The Hall–Kier alpha value is -1.72. The molecule has 0 atom stereocenters. The first-order valence-corrected chi connectivity index (χ1v) is 8.10. The summed E-state index contributed by atoms with van der Waals surface area (Å²) >= 11 is 3.18. The van der Waals surface area contributed by atoms with Crippen molar-refractivity contribution in [1.29, 1.82) is 0 Å². The summed E-state index contributed by atoms with van der Waals surface area (Å²) in [6, 6.07) is 29.0. The molecule has 3 rings (SSSR count). The number of hydrogen-bond acceptors (Lipinski definition) is 1. The predicted molar refractivity (Wildman–Crippen MR) is 90.7 cm³/mol. The van der Waals surface area contributed by atoms with Gasteiger partial charge in [-0.1, -0.05) is 60.7 Å². The van der Waals surface area contributed by atoms with E-state index >= 15 is 0 Å². The third kappa shape index (κ3) is 5.24. The standard InChI is InChI=1S/C12H10.C8H10N.Pd/c1-3-7-11(8-4-1)12-9-5-2-6-10-12;9-7-6-8-4-2-1-3-5-8;/h1-10H;1-4H,6-7,9H2;. The Balaban J connectivity index is 0.000000164. The molecule has 2 heteroatoms. The average molecular weight is 381 g/mol. The van der Waals surface area contributed by atoms with Crippen LogP contribution in [0.15, 0.2) is 84.9 Å². The molecule has 0 radical (unpaired) electrons. The van der Waals surface area contributed by atoms with Crippen molar-refractivity contribution in [1.82, 2.24) is 0 Å². The first kappa shape index (κ1) is 16.6. The van der Waals surface area contributed by atoms with Crippen LogP contribution in [-0.2, 0) is 25.6 Å². The SMILES string of the molecule is NCCc1cccc[c]1[Pd].c1ccc(-c2ccccc2)cc1. The maximum absolute atomic E-state index is 5.41. The minimum Gasteiger partial charge on any atom is -0.0622 e. The summed E-state index contributed by atoms with van der Waals surface area (Å²) in [4.78, 5) is 0. The monoisotopic (exact) mass is 380 g/mol. The van der Waals surface area contributed by atoms with Gasteiger partial charge in [-0.15, -0.1) is 0 Å². The van der Waals surface area contributed by atoms with Crippen LogP contribution in [0.1, 0.15) is 5.56 Å². The third-order valence-electron chi connectivity index (χ3n) is 3.22. The molecule has 2 N–H and O–H groups in total. The first-order chi connectivity index (χ1) is 10.8. The van der Waals surface area contributed by atoms with E-state index in [1.165, 1.54) is 20.7 Å². The normalized spacial score (nSPS) is 9.77. The minimum atomic E-state index is 0.717. The molecule has 0 unspecified atom stereocenters. The van der Waals surface area contributed by atoms with Gasteiger partial charge in [0.05, 0.1) is 0 Å². The van der Waals surface area contributed by atoms with Crippen LogP contribution in [-0.4, -0.2) is 6.54 Å². The maximum atomic E-state index is 5.41. The maximum Gasteiger partial charge on any atom is -0.0184 e. The number of nitrogens with two attached hydrogens (primary N) is 1. The Labute approximate surface area is 143 Å². The van der Waals surface area contributed by atoms with E-state index in [2.05, 4.69) is 73.8 Å². The van der Waals surface area contributed by atoms with Crippen molar-refractivity contribution in [2.75, 3.05) is 6.54 Å². The molecule has 3 aromatic carbocycles. The van der Waals surface area contributed by atoms with Gasteiger partial charge in [0, 0.05) is 0 Å². The van der Waals surface area contributed by atoms with Crippen LogP contribution >= 0.6 is 0 Å². The Bertz CT molecular complexity index is 628. The van der Waals surface area contributed by atoms with Crippen molar-refractivity contribution < 1.29 is 19.2 Å². The van der Waals surface area contributed by atoms with Crippen LogP contribution in [0.3, 0.4) is 0 Å². The van der Waals surface area contributed by atoms with E-state index in [0.717, 1.165) is 6.42 Å². The smallest absolute Gasteiger partial charge is 0.0184 e. The van der Waals surface area contributed by atoms with Gasteiger partial charge in [0.2, 0.25) is 0 Å². The van der Waals surface area contributed by atoms with Crippen molar-refractivity contribution in [3.63, 3.8) is 0 Å². The molecule has 22 heavy (non-hydrogen) atoms. The molecule has 0 saturated heterocycles. The Kier molecular flexibility index (Phi) is 7.06. The molecular weight excluding hydrogens is 361 g/mol. The molecule has 0 aliphatic carbocycles. The second-order valence-corrected chi connectivity index (χ2v) is 5.67. The van der Waals surface area contributed by atoms with Gasteiger partial charge in [-0.05, 0) is 11.1 Å². The van der Waals surface area contributed by atoms with Crippen LogP contribution < -0.4 is 9.77 Å². The molecule has 0 saturated carbocycles. The molecule has 0 spiro atoms. The summed E-state index contributed by atoms with van der Waals surface area (Å²) < 4.78 is 1.19. The van der Waals surface area contributed by atoms with Gasteiger partial charge in [-0.2, -0.15) is 0 Å². The van der Waals surface area contributed by atoms with E-state index in [1.807, 2.05) is 30.3 Å². The zero-order valence-corrected chi connectivity index (χ0v) is 13.9. The molecule has 0 bridgehead atoms. The number of benzene rings is 3. The quantitative estimate of drug-likeness (QED) is 0.689. The van der Waals surface area contributed by atoms with E-state index in [0.29, 0.717) is 6.54 Å². The van der Waals surface area contributed by atoms with Gasteiger partial charge < -0.3 is 0 Å². The summed E-state index contributed by atoms with van der Waals surface area (Å²) in [7, 11) is 0. The van der Waals surface area contributed by atoms with Crippen molar-refractivity contribution in [2.45, 2.75) is 6.42 Å². The summed E-state index contributed by atoms with van der Waals surface area (Å²) in [5, 5.41) is 0. The largest absolute Gasteiger partial charge is 0.0622 e. The van der Waals surface area contributed by atoms with Crippen LogP contribution in [0.25, 0.3) is 11.1 Å². The van der Waals surface area contributed by atoms with Crippen LogP contribution in [0, 0.1) is 0 Å². The zero-order valence-electron chi connectivity index (χ0n) is 12.4. The van der Waals surface area contributed by atoms with Crippen molar-refractivity contribution in [2.24, 2.45) is 5.73 Å². The topological polar surface area (TPSA) is 26.0 Å². The molecule has 0 aliphatic heterocycles. The molecule has 0 aliphatic rings. The zero-order chi connectivity index (χ0) is 15.6. The molecule has 3 aromatic rings. The van der Waals surface area contributed by atoms with E-state index in [4.69, 9.17) is 5.73 Å². The van der Waals surface area contributed by atoms with Gasteiger partial charge in [0.25, 0.3) is 0 Å². The minimum absolute atomic E-state index is 0.717. The van der Waals surface area contributed by atoms with Crippen LogP contribution in [0.2, 0.25) is 0 Å². The summed E-state index contributed by atoms with van der Waals surface area (Å²) in [6.45, 7) is 0.717. The Morgan fingerprint density at radius 1 is 0.636 bits per heavy atom. The second kappa shape index (κ2) is 9.33. The second-order valence-electron chi connectivity index (χ2n) is 4.83. The fraction of sp³-hybridized carbons (Fsp3) is 0.100.